The van der Waals surface area contributed by atoms with Gasteiger partial charge >= 0.3 is 0 Å². The number of nitrogen functional groups attached to an aromatic ring is 1. The third-order valence-electron chi connectivity index (χ3n) is 3.57. The monoisotopic (exact) mass is 269 g/mol. The molecule has 2 heterocycles. The number of halogens is 1. The molecule has 18 heavy (non-hydrogen) atoms. The van der Waals surface area contributed by atoms with E-state index < -0.39 is 5.54 Å². The van der Waals surface area contributed by atoms with Gasteiger partial charge in [-0.2, -0.15) is 9.97 Å². The van der Waals surface area contributed by atoms with Crippen LogP contribution in [0.1, 0.15) is 6.42 Å². The van der Waals surface area contributed by atoms with Crippen LogP contribution < -0.4 is 5.73 Å². The van der Waals surface area contributed by atoms with Crippen molar-refractivity contribution in [1.82, 2.24) is 19.5 Å². The van der Waals surface area contributed by atoms with Gasteiger partial charge in [-0.1, -0.05) is 0 Å². The van der Waals surface area contributed by atoms with Crippen molar-refractivity contribution in [3.8, 4) is 0 Å². The Morgan fingerprint density at radius 3 is 2.89 bits per heavy atom. The van der Waals surface area contributed by atoms with Crippen molar-refractivity contribution in [2.75, 3.05) is 18.9 Å². The Morgan fingerprint density at radius 1 is 1.50 bits per heavy atom. The molecule has 2 atom stereocenters. The van der Waals surface area contributed by atoms with Crippen LogP contribution in [-0.2, 0) is 5.54 Å². The van der Waals surface area contributed by atoms with E-state index in [4.69, 9.17) is 17.3 Å². The molecule has 0 amide bonds. The highest BCUT2D eigenvalue weighted by Gasteiger charge is 2.55. The smallest absolute Gasteiger partial charge is 0.226 e. The molecule has 0 unspecified atom stereocenters. The minimum absolute atomic E-state index is 0.00475. The van der Waals surface area contributed by atoms with Gasteiger partial charge in [0.05, 0.1) is 18.5 Å². The average Bonchev–Trinajstić information content (AvgIpc) is 2.92. The quantitative estimate of drug-likeness (QED) is 0.664. The number of anilines is 1. The Labute approximate surface area is 107 Å². The van der Waals surface area contributed by atoms with Gasteiger partial charge in [-0.05, 0) is 18.0 Å². The van der Waals surface area contributed by atoms with Gasteiger partial charge in [0.25, 0.3) is 0 Å². The summed E-state index contributed by atoms with van der Waals surface area (Å²) in [6.07, 6.45) is 2.23. The number of aromatic nitrogens is 4. The molecule has 1 aliphatic rings. The van der Waals surface area contributed by atoms with Gasteiger partial charge in [0, 0.05) is 12.5 Å². The maximum atomic E-state index is 9.56. The van der Waals surface area contributed by atoms with Gasteiger partial charge in [-0.25, -0.2) is 4.98 Å². The Balaban J connectivity index is 2.19. The second kappa shape index (κ2) is 3.78. The third-order valence-corrected chi connectivity index (χ3v) is 3.74. The number of hydrogen-bond donors (Lipinski definition) is 3. The summed E-state index contributed by atoms with van der Waals surface area (Å²) in [4.78, 5) is 12.1. The number of fused-ring (bicyclic) bond motifs is 1. The second-order valence-corrected chi connectivity index (χ2v) is 4.85. The summed E-state index contributed by atoms with van der Waals surface area (Å²) in [6, 6.07) is 0. The van der Waals surface area contributed by atoms with Gasteiger partial charge in [0.2, 0.25) is 5.28 Å². The van der Waals surface area contributed by atoms with E-state index in [0.717, 1.165) is 0 Å². The van der Waals surface area contributed by atoms with Crippen LogP contribution in [0, 0.1) is 5.92 Å². The van der Waals surface area contributed by atoms with Crippen LogP contribution in [0.15, 0.2) is 6.33 Å². The molecule has 1 fully saturated rings. The fraction of sp³-hybridized carbons (Fsp3) is 0.500. The molecule has 1 saturated carbocycles. The Kier molecular flexibility index (Phi) is 2.44. The number of aliphatic hydroxyl groups excluding tert-OH is 2. The molecule has 96 valence electrons. The minimum atomic E-state index is -0.548. The molecule has 0 aromatic carbocycles. The van der Waals surface area contributed by atoms with Crippen LogP contribution in [-0.4, -0.2) is 42.9 Å². The largest absolute Gasteiger partial charge is 0.396 e. The van der Waals surface area contributed by atoms with E-state index in [1.165, 1.54) is 0 Å². The first-order valence-corrected chi connectivity index (χ1v) is 5.88. The maximum absolute atomic E-state index is 9.56. The van der Waals surface area contributed by atoms with E-state index in [1.54, 1.807) is 10.9 Å². The van der Waals surface area contributed by atoms with Crippen molar-refractivity contribution in [1.29, 1.82) is 0 Å². The molecule has 3 rings (SSSR count). The molecular weight excluding hydrogens is 258 g/mol. The number of aliphatic hydroxyl groups is 2. The Hall–Kier alpha value is -1.44. The fourth-order valence-electron chi connectivity index (χ4n) is 2.39. The van der Waals surface area contributed by atoms with Crippen LogP contribution in [0.25, 0.3) is 11.2 Å². The van der Waals surface area contributed by atoms with Crippen LogP contribution in [0.5, 0.6) is 0 Å². The second-order valence-electron chi connectivity index (χ2n) is 4.51. The zero-order chi connectivity index (χ0) is 12.9. The number of nitrogens with two attached hydrogens (primary N) is 1. The number of imidazole rings is 1. The van der Waals surface area contributed by atoms with Crippen LogP contribution in [0.4, 0.5) is 5.82 Å². The standard InChI is InChI=1S/C10H12ClN5O2/c11-9-14-7(12)6-8(15-9)16(4-13-6)10(3-18)1-5(10)2-17/h4-5,17-18H,1-3H2,(H2,12,14,15)/t5-,10-/m1/s1. The van der Waals surface area contributed by atoms with E-state index in [1.807, 2.05) is 0 Å². The van der Waals surface area contributed by atoms with Crippen LogP contribution in [0.2, 0.25) is 5.28 Å². The highest BCUT2D eigenvalue weighted by Crippen LogP contribution is 2.50. The normalized spacial score (nSPS) is 26.7. The first-order valence-electron chi connectivity index (χ1n) is 5.50. The first kappa shape index (κ1) is 11.6. The lowest BCUT2D eigenvalue weighted by molar-refractivity contribution is 0.177. The van der Waals surface area contributed by atoms with E-state index >= 15 is 0 Å². The molecule has 0 aliphatic heterocycles. The predicted molar refractivity (Wildman–Crippen MR) is 65.0 cm³/mol. The lowest BCUT2D eigenvalue weighted by Gasteiger charge is -2.16. The predicted octanol–water partition coefficient (Wildman–Crippen LogP) is -0.238. The van der Waals surface area contributed by atoms with Crippen molar-refractivity contribution in [3.63, 3.8) is 0 Å². The third kappa shape index (κ3) is 1.41. The zero-order valence-electron chi connectivity index (χ0n) is 9.41. The van der Waals surface area contributed by atoms with E-state index in [9.17, 15) is 10.2 Å². The van der Waals surface area contributed by atoms with Crippen molar-refractivity contribution < 1.29 is 10.2 Å². The van der Waals surface area contributed by atoms with Gasteiger partial charge in [0.1, 0.15) is 5.52 Å². The van der Waals surface area contributed by atoms with Crippen molar-refractivity contribution >= 4 is 28.6 Å². The fourth-order valence-corrected chi connectivity index (χ4v) is 2.56. The van der Waals surface area contributed by atoms with Crippen molar-refractivity contribution in [2.45, 2.75) is 12.0 Å². The summed E-state index contributed by atoms with van der Waals surface area (Å²) in [5, 5.41) is 18.8. The molecular formula is C10H12ClN5O2. The molecule has 0 radical (unpaired) electrons. The van der Waals surface area contributed by atoms with Gasteiger partial charge in [-0.15, -0.1) is 0 Å². The van der Waals surface area contributed by atoms with E-state index in [-0.39, 0.29) is 30.2 Å². The van der Waals surface area contributed by atoms with Crippen LogP contribution in [0.3, 0.4) is 0 Å². The number of nitrogens with zero attached hydrogens (tertiary/aromatic N) is 4. The van der Waals surface area contributed by atoms with Crippen LogP contribution >= 0.6 is 11.6 Å². The molecule has 8 heteroatoms. The highest BCUT2D eigenvalue weighted by atomic mass is 35.5. The molecule has 0 saturated heterocycles. The summed E-state index contributed by atoms with van der Waals surface area (Å²) >= 11 is 5.78. The lowest BCUT2D eigenvalue weighted by Crippen LogP contribution is -2.25. The Bertz CT molecular complexity index is 616. The molecule has 2 aromatic rings. The summed E-state index contributed by atoms with van der Waals surface area (Å²) in [7, 11) is 0. The molecule has 0 bridgehead atoms. The minimum Gasteiger partial charge on any atom is -0.396 e. The number of hydrogen-bond acceptors (Lipinski definition) is 6. The summed E-state index contributed by atoms with van der Waals surface area (Å²) in [5.41, 5.74) is 6.11. The van der Waals surface area contributed by atoms with E-state index in [2.05, 4.69) is 15.0 Å². The summed E-state index contributed by atoms with van der Waals surface area (Å²) in [6.45, 7) is -0.0836. The average molecular weight is 270 g/mol. The van der Waals surface area contributed by atoms with Gasteiger partial charge < -0.3 is 20.5 Å². The van der Waals surface area contributed by atoms with Crippen molar-refractivity contribution in [3.05, 3.63) is 11.6 Å². The van der Waals surface area contributed by atoms with E-state index in [0.29, 0.717) is 17.6 Å². The SMILES string of the molecule is Nc1nc(Cl)nc2c1ncn2[C@@]1(CO)C[C@@H]1CO. The molecule has 1 aliphatic carbocycles. The Morgan fingerprint density at radius 2 is 2.28 bits per heavy atom. The number of rotatable bonds is 3. The van der Waals surface area contributed by atoms with Gasteiger partial charge in [-0.3, -0.25) is 0 Å². The molecule has 0 spiro atoms. The molecule has 2 aromatic heterocycles. The highest BCUT2D eigenvalue weighted by molar-refractivity contribution is 6.28. The summed E-state index contributed by atoms with van der Waals surface area (Å²) < 4.78 is 1.73. The first-order chi connectivity index (χ1) is 8.62. The maximum Gasteiger partial charge on any atom is 0.226 e. The lowest BCUT2D eigenvalue weighted by atomic mass is 10.2. The topological polar surface area (TPSA) is 110 Å². The molecule has 4 N–H and O–H groups in total. The summed E-state index contributed by atoms with van der Waals surface area (Å²) in [5.74, 6) is 0.202. The van der Waals surface area contributed by atoms with Crippen molar-refractivity contribution in [2.24, 2.45) is 5.92 Å². The molecule has 7 nitrogen and oxygen atoms in total. The zero-order valence-corrected chi connectivity index (χ0v) is 10.2. The van der Waals surface area contributed by atoms with Gasteiger partial charge in [0.15, 0.2) is 11.5 Å².